The molecule has 6 heteroatoms. The molecule has 0 aromatic rings. The normalized spacial score (nSPS) is 12.1. The van der Waals surface area contributed by atoms with Crippen molar-refractivity contribution in [1.29, 1.82) is 0 Å². The molecule has 0 bridgehead atoms. The van der Waals surface area contributed by atoms with Gasteiger partial charge < -0.3 is 14.2 Å². The van der Waals surface area contributed by atoms with Crippen LogP contribution in [0.1, 0.15) is 425 Å². The fourth-order valence-corrected chi connectivity index (χ4v) is 11.6. The third-order valence-electron chi connectivity index (χ3n) is 17.2. The van der Waals surface area contributed by atoms with E-state index in [4.69, 9.17) is 14.2 Å². The predicted octanol–water partition coefficient (Wildman–Crippen LogP) is 25.7. The highest BCUT2D eigenvalue weighted by molar-refractivity contribution is 5.71. The van der Waals surface area contributed by atoms with Crippen LogP contribution in [0.2, 0.25) is 0 Å². The maximum atomic E-state index is 13.0. The first-order valence-electron chi connectivity index (χ1n) is 37.3. The summed E-state index contributed by atoms with van der Waals surface area (Å²) in [6, 6.07) is 0. The summed E-state index contributed by atoms with van der Waals surface area (Å²) in [5.74, 6) is -0.840. The quantitative estimate of drug-likeness (QED) is 0.0261. The topological polar surface area (TPSA) is 78.9 Å². The number of carbonyl (C=O) groups is 3. The molecule has 0 saturated heterocycles. The summed E-state index contributed by atoms with van der Waals surface area (Å²) in [4.78, 5) is 38.5. The average molecular weight is 1150 g/mol. The van der Waals surface area contributed by atoms with Gasteiger partial charge in [-0.1, -0.05) is 379 Å². The second kappa shape index (κ2) is 71.4. The van der Waals surface area contributed by atoms with E-state index in [0.29, 0.717) is 19.3 Å². The molecule has 1 atom stereocenters. The Bertz CT molecular complexity index is 1320. The summed E-state index contributed by atoms with van der Waals surface area (Å²) in [5, 5.41) is 0. The van der Waals surface area contributed by atoms with Gasteiger partial charge in [0.05, 0.1) is 0 Å². The highest BCUT2D eigenvalue weighted by Gasteiger charge is 2.20. The molecule has 0 aromatic heterocycles. The van der Waals surface area contributed by atoms with Gasteiger partial charge >= 0.3 is 17.9 Å². The summed E-state index contributed by atoms with van der Waals surface area (Å²) in [6.45, 7) is 6.71. The Hall–Kier alpha value is -2.11. The molecule has 0 aliphatic heterocycles. The Labute approximate surface area is 513 Å². The van der Waals surface area contributed by atoms with Gasteiger partial charge in [-0.2, -0.15) is 0 Å². The van der Waals surface area contributed by atoms with Crippen molar-refractivity contribution in [3.63, 3.8) is 0 Å². The molecule has 0 amide bonds. The van der Waals surface area contributed by atoms with Gasteiger partial charge in [-0.3, -0.25) is 14.4 Å². The van der Waals surface area contributed by atoms with Crippen molar-refractivity contribution < 1.29 is 28.6 Å². The molecule has 0 N–H and O–H groups in total. The number of carbonyl (C=O) groups excluding carboxylic acids is 3. The second-order valence-corrected chi connectivity index (χ2v) is 25.6. The summed E-state index contributed by atoms with van der Waals surface area (Å²) in [5.41, 5.74) is 0. The van der Waals surface area contributed by atoms with Crippen molar-refractivity contribution >= 4 is 17.9 Å². The molecule has 0 heterocycles. The molecule has 0 radical (unpaired) electrons. The Morgan fingerprint density at radius 1 is 0.244 bits per heavy atom. The molecule has 0 aliphatic carbocycles. The van der Waals surface area contributed by atoms with E-state index in [-0.39, 0.29) is 31.1 Å². The van der Waals surface area contributed by atoms with Crippen LogP contribution in [0.4, 0.5) is 0 Å². The zero-order valence-corrected chi connectivity index (χ0v) is 55.8. The molecule has 0 spiro atoms. The minimum Gasteiger partial charge on any atom is -0.462 e. The van der Waals surface area contributed by atoms with Gasteiger partial charge in [-0.25, -0.2) is 0 Å². The van der Waals surface area contributed by atoms with Gasteiger partial charge in [0.1, 0.15) is 13.2 Å². The molecular weight excluding hydrogens is 1010 g/mol. The van der Waals surface area contributed by atoms with Gasteiger partial charge in [0.2, 0.25) is 0 Å². The summed E-state index contributed by atoms with van der Waals surface area (Å²) in [6.07, 6.45) is 87.9. The third kappa shape index (κ3) is 68.7. The van der Waals surface area contributed by atoms with Crippen molar-refractivity contribution in [2.24, 2.45) is 0 Å². The number of esters is 3. The van der Waals surface area contributed by atoms with Gasteiger partial charge in [0.15, 0.2) is 6.10 Å². The second-order valence-electron chi connectivity index (χ2n) is 25.6. The van der Waals surface area contributed by atoms with Gasteiger partial charge in [-0.15, -0.1) is 0 Å². The molecule has 0 aromatic carbocycles. The average Bonchev–Trinajstić information content (AvgIpc) is 3.47. The number of ether oxygens (including phenoxy) is 3. The van der Waals surface area contributed by atoms with E-state index in [1.807, 2.05) is 0 Å². The van der Waals surface area contributed by atoms with E-state index in [1.165, 1.54) is 315 Å². The first-order chi connectivity index (χ1) is 40.5. The molecular formula is C76H144O6. The van der Waals surface area contributed by atoms with Crippen molar-refractivity contribution in [2.45, 2.75) is 431 Å². The minimum atomic E-state index is -0.773. The van der Waals surface area contributed by atoms with Crippen molar-refractivity contribution in [2.75, 3.05) is 13.2 Å². The summed E-state index contributed by atoms with van der Waals surface area (Å²) in [7, 11) is 0. The summed E-state index contributed by atoms with van der Waals surface area (Å²) >= 11 is 0. The monoisotopic (exact) mass is 1150 g/mol. The molecule has 82 heavy (non-hydrogen) atoms. The zero-order valence-electron chi connectivity index (χ0n) is 55.8. The molecule has 0 aliphatic rings. The van der Waals surface area contributed by atoms with E-state index >= 15 is 0 Å². The largest absolute Gasteiger partial charge is 0.462 e. The van der Waals surface area contributed by atoms with Crippen LogP contribution in [-0.4, -0.2) is 37.2 Å². The summed E-state index contributed by atoms with van der Waals surface area (Å²) < 4.78 is 17.0. The van der Waals surface area contributed by atoms with Crippen molar-refractivity contribution in [3.8, 4) is 0 Å². The van der Waals surface area contributed by atoms with Crippen LogP contribution in [0.5, 0.6) is 0 Å². The van der Waals surface area contributed by atoms with Crippen LogP contribution in [0.25, 0.3) is 0 Å². The van der Waals surface area contributed by atoms with Crippen LogP contribution in [-0.2, 0) is 28.6 Å². The minimum absolute atomic E-state index is 0.0679. The van der Waals surface area contributed by atoms with Crippen molar-refractivity contribution in [1.82, 2.24) is 0 Å². The molecule has 484 valence electrons. The lowest BCUT2D eigenvalue weighted by molar-refractivity contribution is -0.167. The van der Waals surface area contributed by atoms with Crippen LogP contribution in [0.15, 0.2) is 24.3 Å². The molecule has 6 nitrogen and oxygen atoms in total. The number of hydrogen-bond acceptors (Lipinski definition) is 6. The van der Waals surface area contributed by atoms with Crippen LogP contribution in [0, 0.1) is 0 Å². The Morgan fingerprint density at radius 3 is 0.683 bits per heavy atom. The highest BCUT2D eigenvalue weighted by atomic mass is 16.6. The lowest BCUT2D eigenvalue weighted by Gasteiger charge is -2.18. The number of rotatable bonds is 70. The Morgan fingerprint density at radius 2 is 0.439 bits per heavy atom. The molecule has 1 unspecified atom stereocenters. The standard InChI is InChI=1S/C76H144O6/c1-4-7-10-13-16-19-22-25-28-31-33-34-35-36-37-38-39-40-41-42-43-46-48-51-54-57-60-63-66-69-75(78)81-72-73(71-80-74(77)68-65-62-59-56-53-50-47-44-30-27-24-21-18-15-12-9-6-3)82-76(79)70-67-64-61-58-55-52-49-45-32-29-26-23-20-17-14-11-8-5-2/h20,23,29,32,73H,4-19,21-22,24-28,30-31,33-72H2,1-3H3/b23-20-,32-29-. The van der Waals surface area contributed by atoms with E-state index < -0.39 is 6.10 Å². The molecule has 0 rings (SSSR count). The van der Waals surface area contributed by atoms with Crippen LogP contribution in [0.3, 0.4) is 0 Å². The van der Waals surface area contributed by atoms with E-state index in [2.05, 4.69) is 45.1 Å². The van der Waals surface area contributed by atoms with Gasteiger partial charge in [-0.05, 0) is 51.4 Å². The Balaban J connectivity index is 4.20. The highest BCUT2D eigenvalue weighted by Crippen LogP contribution is 2.19. The fraction of sp³-hybridized carbons (Fsp3) is 0.908. The number of allylic oxidation sites excluding steroid dienone is 4. The maximum Gasteiger partial charge on any atom is 0.306 e. The third-order valence-corrected chi connectivity index (χ3v) is 17.2. The molecule has 0 fully saturated rings. The van der Waals surface area contributed by atoms with Gasteiger partial charge in [0.25, 0.3) is 0 Å². The van der Waals surface area contributed by atoms with Crippen molar-refractivity contribution in [3.05, 3.63) is 24.3 Å². The van der Waals surface area contributed by atoms with E-state index in [9.17, 15) is 14.4 Å². The number of unbranched alkanes of at least 4 members (excludes halogenated alkanes) is 55. The van der Waals surface area contributed by atoms with Crippen LogP contribution >= 0.6 is 0 Å². The Kier molecular flexibility index (Phi) is 69.5. The lowest BCUT2D eigenvalue weighted by Crippen LogP contribution is -2.30. The SMILES string of the molecule is CCCCCC/C=C\C/C=C\CCCCCCCCCC(=O)OC(COC(=O)CCCCCCCCCCCCCCCCCCC)COC(=O)CCCCCCCCCCCCCCCCCCCCCCCCCCCCCCC. The number of hydrogen-bond donors (Lipinski definition) is 0. The van der Waals surface area contributed by atoms with E-state index in [1.54, 1.807) is 0 Å². The fourth-order valence-electron chi connectivity index (χ4n) is 11.6. The first-order valence-corrected chi connectivity index (χ1v) is 37.3. The van der Waals surface area contributed by atoms with E-state index in [0.717, 1.165) is 70.6 Å². The predicted molar refractivity (Wildman–Crippen MR) is 358 cm³/mol. The van der Waals surface area contributed by atoms with Crippen LogP contribution < -0.4 is 0 Å². The maximum absolute atomic E-state index is 13.0. The van der Waals surface area contributed by atoms with Gasteiger partial charge in [0, 0.05) is 19.3 Å². The molecule has 0 saturated carbocycles. The first kappa shape index (κ1) is 79.9. The zero-order chi connectivity index (χ0) is 59.2. The lowest BCUT2D eigenvalue weighted by atomic mass is 10.0. The smallest absolute Gasteiger partial charge is 0.306 e.